The van der Waals surface area contributed by atoms with Gasteiger partial charge in [-0.25, -0.2) is 9.18 Å². The van der Waals surface area contributed by atoms with Crippen molar-refractivity contribution in [1.82, 2.24) is 0 Å². The Morgan fingerprint density at radius 1 is 1.24 bits per heavy atom. The SMILES string of the molecule is CC(C)=CCC[C@H](C)C[C@@H]1CC2=C(C(=O)OC(C)(C)O2)[C@H](c2ccc(F)cc2)O1. The Hall–Kier alpha value is -2.14. The van der Waals surface area contributed by atoms with Crippen molar-refractivity contribution in [2.75, 3.05) is 0 Å². The number of hydrogen-bond acceptors (Lipinski definition) is 4. The second-order valence-corrected chi connectivity index (χ2v) is 8.82. The number of rotatable bonds is 6. The fraction of sp³-hybridized carbons (Fsp3) is 0.542. The zero-order valence-electron chi connectivity index (χ0n) is 18.0. The second-order valence-electron chi connectivity index (χ2n) is 8.82. The van der Waals surface area contributed by atoms with Gasteiger partial charge in [0, 0.05) is 20.3 Å². The van der Waals surface area contributed by atoms with Crippen molar-refractivity contribution >= 4 is 5.97 Å². The van der Waals surface area contributed by atoms with Crippen LogP contribution >= 0.6 is 0 Å². The summed E-state index contributed by atoms with van der Waals surface area (Å²) in [6, 6.07) is 6.06. The van der Waals surface area contributed by atoms with Crippen molar-refractivity contribution in [2.45, 2.75) is 78.3 Å². The molecule has 1 aromatic rings. The molecule has 5 heteroatoms. The summed E-state index contributed by atoms with van der Waals surface area (Å²) in [5, 5.41) is 0. The average molecular weight is 403 g/mol. The lowest BCUT2D eigenvalue weighted by Crippen LogP contribution is -2.42. The highest BCUT2D eigenvalue weighted by molar-refractivity contribution is 5.91. The zero-order valence-corrected chi connectivity index (χ0v) is 18.0. The quantitative estimate of drug-likeness (QED) is 0.433. The van der Waals surface area contributed by atoms with Crippen molar-refractivity contribution in [3.8, 4) is 0 Å². The number of ether oxygens (including phenoxy) is 3. The molecule has 0 spiro atoms. The van der Waals surface area contributed by atoms with E-state index in [1.165, 1.54) is 17.7 Å². The third kappa shape index (κ3) is 5.47. The van der Waals surface area contributed by atoms with Crippen LogP contribution in [0, 0.1) is 11.7 Å². The van der Waals surface area contributed by atoms with Gasteiger partial charge in [-0.1, -0.05) is 30.7 Å². The lowest BCUT2D eigenvalue weighted by atomic mass is 9.90. The Kier molecular flexibility index (Phi) is 6.47. The molecule has 2 aliphatic heterocycles. The Bertz CT molecular complexity index is 803. The highest BCUT2D eigenvalue weighted by atomic mass is 19.1. The van der Waals surface area contributed by atoms with E-state index in [0.29, 0.717) is 23.7 Å². The van der Waals surface area contributed by atoms with Crippen LogP contribution in [0.1, 0.15) is 72.0 Å². The molecule has 0 N–H and O–H groups in total. The molecular weight excluding hydrogens is 371 g/mol. The van der Waals surface area contributed by atoms with Crippen LogP contribution in [0.3, 0.4) is 0 Å². The predicted molar refractivity (Wildman–Crippen MR) is 109 cm³/mol. The molecule has 158 valence electrons. The summed E-state index contributed by atoms with van der Waals surface area (Å²) in [4.78, 5) is 12.7. The lowest BCUT2D eigenvalue weighted by Gasteiger charge is -2.41. The Balaban J connectivity index is 1.83. The number of allylic oxidation sites excluding steroid dienone is 2. The molecular formula is C24H31FO4. The first-order valence-electron chi connectivity index (χ1n) is 10.3. The van der Waals surface area contributed by atoms with Gasteiger partial charge in [-0.3, -0.25) is 0 Å². The first-order valence-corrected chi connectivity index (χ1v) is 10.3. The Morgan fingerprint density at radius 2 is 1.93 bits per heavy atom. The van der Waals surface area contributed by atoms with Gasteiger partial charge in [-0.15, -0.1) is 0 Å². The number of carbonyl (C=O) groups excluding carboxylic acids is 1. The van der Waals surface area contributed by atoms with Gasteiger partial charge in [0.2, 0.25) is 5.79 Å². The lowest BCUT2D eigenvalue weighted by molar-refractivity contribution is -0.217. The second kappa shape index (κ2) is 8.70. The van der Waals surface area contributed by atoms with E-state index in [2.05, 4.69) is 26.8 Å². The fourth-order valence-electron chi connectivity index (χ4n) is 3.93. The molecule has 3 rings (SSSR count). The molecule has 0 aliphatic carbocycles. The van der Waals surface area contributed by atoms with E-state index >= 15 is 0 Å². The van der Waals surface area contributed by atoms with Gasteiger partial charge >= 0.3 is 5.97 Å². The van der Waals surface area contributed by atoms with E-state index in [4.69, 9.17) is 14.2 Å². The van der Waals surface area contributed by atoms with Crippen LogP contribution in [0.4, 0.5) is 4.39 Å². The first-order chi connectivity index (χ1) is 13.6. The van der Waals surface area contributed by atoms with Gasteiger partial charge in [0.05, 0.1) is 6.10 Å². The van der Waals surface area contributed by atoms with Crippen LogP contribution in [-0.2, 0) is 19.0 Å². The van der Waals surface area contributed by atoms with Gasteiger partial charge in [0.15, 0.2) is 0 Å². The number of halogens is 1. The van der Waals surface area contributed by atoms with E-state index in [1.54, 1.807) is 26.0 Å². The molecule has 0 unspecified atom stereocenters. The maximum atomic E-state index is 13.4. The minimum atomic E-state index is -1.000. The van der Waals surface area contributed by atoms with Crippen molar-refractivity contribution in [1.29, 1.82) is 0 Å². The monoisotopic (exact) mass is 402 g/mol. The summed E-state index contributed by atoms with van der Waals surface area (Å²) < 4.78 is 31.2. The highest BCUT2D eigenvalue weighted by Gasteiger charge is 2.44. The highest BCUT2D eigenvalue weighted by Crippen LogP contribution is 2.43. The molecule has 1 aromatic carbocycles. The van der Waals surface area contributed by atoms with E-state index in [-0.39, 0.29) is 11.9 Å². The average Bonchev–Trinajstić information content (AvgIpc) is 2.60. The first kappa shape index (κ1) is 21.6. The molecule has 0 fully saturated rings. The number of carbonyl (C=O) groups is 1. The van der Waals surface area contributed by atoms with Crippen molar-refractivity contribution in [2.24, 2.45) is 5.92 Å². The molecule has 0 amide bonds. The Morgan fingerprint density at radius 3 is 2.59 bits per heavy atom. The minimum absolute atomic E-state index is 0.0767. The number of benzene rings is 1. The Labute approximate surface area is 172 Å². The topological polar surface area (TPSA) is 44.8 Å². The third-order valence-corrected chi connectivity index (χ3v) is 5.28. The molecule has 0 radical (unpaired) electrons. The number of hydrogen-bond donors (Lipinski definition) is 0. The van der Waals surface area contributed by atoms with Gasteiger partial charge < -0.3 is 14.2 Å². The van der Waals surface area contributed by atoms with E-state index in [9.17, 15) is 9.18 Å². The van der Waals surface area contributed by atoms with Crippen LogP contribution < -0.4 is 0 Å². The van der Waals surface area contributed by atoms with Crippen LogP contribution in [0.25, 0.3) is 0 Å². The minimum Gasteiger partial charge on any atom is -0.456 e. The normalized spacial score (nSPS) is 24.3. The summed E-state index contributed by atoms with van der Waals surface area (Å²) >= 11 is 0. The molecule has 3 atom stereocenters. The predicted octanol–water partition coefficient (Wildman–Crippen LogP) is 5.99. The fourth-order valence-corrected chi connectivity index (χ4v) is 3.93. The smallest absolute Gasteiger partial charge is 0.343 e. The molecule has 2 aliphatic rings. The van der Waals surface area contributed by atoms with Crippen molar-refractivity contribution in [3.05, 3.63) is 58.6 Å². The van der Waals surface area contributed by atoms with Crippen molar-refractivity contribution in [3.63, 3.8) is 0 Å². The van der Waals surface area contributed by atoms with Crippen LogP contribution in [-0.4, -0.2) is 17.9 Å². The third-order valence-electron chi connectivity index (χ3n) is 5.28. The standard InChI is InChI=1S/C24H31FO4/c1-15(2)7-6-8-16(3)13-19-14-20-21(23(26)29-24(4,5)28-20)22(27-19)17-9-11-18(25)12-10-17/h7,9-12,16,19,22H,6,8,13-14H2,1-5H3/t16-,19+,22-/m0/s1. The van der Waals surface area contributed by atoms with E-state index in [0.717, 1.165) is 24.8 Å². The molecule has 29 heavy (non-hydrogen) atoms. The van der Waals surface area contributed by atoms with E-state index in [1.807, 2.05) is 0 Å². The summed E-state index contributed by atoms with van der Waals surface area (Å²) in [5.74, 6) is -0.656. The van der Waals surface area contributed by atoms with Gasteiger partial charge in [0.25, 0.3) is 0 Å². The molecule has 0 bridgehead atoms. The zero-order chi connectivity index (χ0) is 21.2. The maximum absolute atomic E-state index is 13.4. The van der Waals surface area contributed by atoms with Gasteiger partial charge in [-0.05, 0) is 56.7 Å². The summed E-state index contributed by atoms with van der Waals surface area (Å²) in [6.07, 6.45) is 5.09. The summed E-state index contributed by atoms with van der Waals surface area (Å²) in [7, 11) is 0. The summed E-state index contributed by atoms with van der Waals surface area (Å²) in [6.45, 7) is 9.90. The van der Waals surface area contributed by atoms with Crippen LogP contribution in [0.2, 0.25) is 0 Å². The van der Waals surface area contributed by atoms with Crippen LogP contribution in [0.15, 0.2) is 47.2 Å². The summed E-state index contributed by atoms with van der Waals surface area (Å²) in [5.41, 5.74) is 2.44. The molecule has 0 saturated heterocycles. The van der Waals surface area contributed by atoms with Crippen molar-refractivity contribution < 1.29 is 23.4 Å². The van der Waals surface area contributed by atoms with Crippen LogP contribution in [0.5, 0.6) is 0 Å². The number of esters is 1. The molecule has 0 aromatic heterocycles. The molecule has 4 nitrogen and oxygen atoms in total. The largest absolute Gasteiger partial charge is 0.456 e. The number of cyclic esters (lactones) is 1. The van der Waals surface area contributed by atoms with E-state index < -0.39 is 17.9 Å². The molecule has 0 saturated carbocycles. The molecule has 2 heterocycles. The maximum Gasteiger partial charge on any atom is 0.343 e. The van der Waals surface area contributed by atoms with Gasteiger partial charge in [-0.2, -0.15) is 0 Å². The van der Waals surface area contributed by atoms with Gasteiger partial charge in [0.1, 0.15) is 23.3 Å².